The van der Waals surface area contributed by atoms with Gasteiger partial charge in [0.1, 0.15) is 16.5 Å². The maximum absolute atomic E-state index is 13.5. The minimum Gasteiger partial charge on any atom is -0.497 e. The van der Waals surface area contributed by atoms with Crippen molar-refractivity contribution in [3.8, 4) is 17.2 Å². The second-order valence-corrected chi connectivity index (χ2v) is 8.10. The van der Waals surface area contributed by atoms with Gasteiger partial charge in [-0.25, -0.2) is 4.79 Å². The molecular formula is C25H23N3O6S. The molecule has 180 valence electrons. The highest BCUT2D eigenvalue weighted by atomic mass is 32.1. The zero-order valence-electron chi connectivity index (χ0n) is 19.4. The Labute approximate surface area is 204 Å². The number of carbonyl (C=O) groups excluding carboxylic acids is 2. The lowest BCUT2D eigenvalue weighted by atomic mass is 10.2. The maximum atomic E-state index is 13.5. The molecule has 4 aromatic rings. The van der Waals surface area contributed by atoms with Crippen LogP contribution in [0.5, 0.6) is 11.5 Å². The fourth-order valence-electron chi connectivity index (χ4n) is 3.50. The van der Waals surface area contributed by atoms with E-state index in [1.54, 1.807) is 60.8 Å². The van der Waals surface area contributed by atoms with E-state index in [0.29, 0.717) is 34.7 Å². The number of benzene rings is 2. The quantitative estimate of drug-likeness (QED) is 0.365. The first kappa shape index (κ1) is 24.0. The van der Waals surface area contributed by atoms with Crippen molar-refractivity contribution in [3.63, 3.8) is 0 Å². The van der Waals surface area contributed by atoms with Crippen molar-refractivity contribution in [2.24, 2.45) is 0 Å². The smallest absolute Gasteiger partial charge is 0.359 e. The van der Waals surface area contributed by atoms with E-state index in [9.17, 15) is 14.4 Å². The molecule has 0 radical (unpaired) electrons. The molecule has 1 amide bonds. The summed E-state index contributed by atoms with van der Waals surface area (Å²) in [6, 6.07) is 13.5. The SMILES string of the molecule is CCOC(=O)c1nn(-c2ccc(OC)cc2)c(=O)c2c(NC(=O)c3ccccc3OCC)scc12. The van der Waals surface area contributed by atoms with Gasteiger partial charge in [-0.15, -0.1) is 11.3 Å². The molecule has 2 heterocycles. The molecule has 2 aromatic carbocycles. The molecule has 0 fully saturated rings. The van der Waals surface area contributed by atoms with Crippen molar-refractivity contribution in [2.75, 3.05) is 25.6 Å². The standard InChI is InChI=1S/C25H23N3O6S/c1-4-33-19-9-7-6-8-17(19)22(29)26-23-20-18(14-35-23)21(25(31)34-5-2)27-28(24(20)30)15-10-12-16(32-3)13-11-15/h6-14H,4-5H2,1-3H3,(H,26,29). The van der Waals surface area contributed by atoms with E-state index in [4.69, 9.17) is 14.2 Å². The monoisotopic (exact) mass is 493 g/mol. The third-order valence-electron chi connectivity index (χ3n) is 5.10. The topological polar surface area (TPSA) is 109 Å². The summed E-state index contributed by atoms with van der Waals surface area (Å²) in [6.45, 7) is 4.05. The Morgan fingerprint density at radius 3 is 2.49 bits per heavy atom. The van der Waals surface area contributed by atoms with Crippen LogP contribution in [0.2, 0.25) is 0 Å². The van der Waals surface area contributed by atoms with Crippen molar-refractivity contribution < 1.29 is 23.8 Å². The molecule has 4 rings (SSSR count). The van der Waals surface area contributed by atoms with Crippen LogP contribution in [-0.2, 0) is 4.74 Å². The van der Waals surface area contributed by atoms with Gasteiger partial charge < -0.3 is 19.5 Å². The highest BCUT2D eigenvalue weighted by Gasteiger charge is 2.24. The highest BCUT2D eigenvalue weighted by Crippen LogP contribution is 2.32. The van der Waals surface area contributed by atoms with Crippen LogP contribution in [0.15, 0.2) is 58.7 Å². The van der Waals surface area contributed by atoms with Crippen LogP contribution in [-0.4, -0.2) is 42.0 Å². The molecule has 2 aromatic heterocycles. The molecule has 0 saturated heterocycles. The number of carbonyl (C=O) groups is 2. The van der Waals surface area contributed by atoms with E-state index >= 15 is 0 Å². The van der Waals surface area contributed by atoms with Gasteiger partial charge in [0.15, 0.2) is 5.69 Å². The summed E-state index contributed by atoms with van der Waals surface area (Å²) in [6.07, 6.45) is 0. The molecule has 0 aliphatic rings. The normalized spacial score (nSPS) is 10.7. The number of nitrogens with one attached hydrogen (secondary N) is 1. The minimum atomic E-state index is -0.669. The van der Waals surface area contributed by atoms with Crippen LogP contribution in [0.25, 0.3) is 16.5 Å². The van der Waals surface area contributed by atoms with Gasteiger partial charge in [-0.2, -0.15) is 9.78 Å². The highest BCUT2D eigenvalue weighted by molar-refractivity contribution is 7.16. The Hall–Kier alpha value is -4.18. The average molecular weight is 494 g/mol. The summed E-state index contributed by atoms with van der Waals surface area (Å²) >= 11 is 1.12. The van der Waals surface area contributed by atoms with Gasteiger partial charge in [0.2, 0.25) is 0 Å². The zero-order valence-corrected chi connectivity index (χ0v) is 20.2. The second-order valence-electron chi connectivity index (χ2n) is 7.22. The zero-order chi connectivity index (χ0) is 24.9. The number of nitrogens with zero attached hydrogens (tertiary/aromatic N) is 2. The molecule has 0 bridgehead atoms. The van der Waals surface area contributed by atoms with Gasteiger partial charge in [-0.05, 0) is 50.2 Å². The van der Waals surface area contributed by atoms with Crippen molar-refractivity contribution in [2.45, 2.75) is 13.8 Å². The third kappa shape index (κ3) is 4.73. The first-order valence-corrected chi connectivity index (χ1v) is 11.8. The lowest BCUT2D eigenvalue weighted by Crippen LogP contribution is -2.25. The molecule has 0 saturated carbocycles. The van der Waals surface area contributed by atoms with Crippen LogP contribution >= 0.6 is 11.3 Å². The Morgan fingerprint density at radius 2 is 1.80 bits per heavy atom. The number of aromatic nitrogens is 2. The number of anilines is 1. The Bertz CT molecular complexity index is 1440. The Morgan fingerprint density at radius 1 is 1.06 bits per heavy atom. The van der Waals surface area contributed by atoms with Crippen molar-refractivity contribution in [1.82, 2.24) is 9.78 Å². The molecule has 10 heteroatoms. The van der Waals surface area contributed by atoms with Gasteiger partial charge in [-0.1, -0.05) is 12.1 Å². The summed E-state index contributed by atoms with van der Waals surface area (Å²) < 4.78 is 17.0. The molecule has 35 heavy (non-hydrogen) atoms. The lowest BCUT2D eigenvalue weighted by Gasteiger charge is -2.11. The summed E-state index contributed by atoms with van der Waals surface area (Å²) in [4.78, 5) is 39.3. The van der Waals surface area contributed by atoms with E-state index in [0.717, 1.165) is 16.0 Å². The van der Waals surface area contributed by atoms with Gasteiger partial charge in [0, 0.05) is 10.8 Å². The number of rotatable bonds is 8. The molecule has 0 aliphatic heterocycles. The van der Waals surface area contributed by atoms with Crippen LogP contribution < -0.4 is 20.3 Å². The first-order valence-electron chi connectivity index (χ1n) is 10.9. The van der Waals surface area contributed by atoms with Crippen LogP contribution in [0, 0.1) is 0 Å². The molecule has 1 N–H and O–H groups in total. The fourth-order valence-corrected chi connectivity index (χ4v) is 4.43. The van der Waals surface area contributed by atoms with Crippen molar-refractivity contribution in [3.05, 3.63) is 75.5 Å². The van der Waals surface area contributed by atoms with E-state index in [1.807, 2.05) is 6.92 Å². The van der Waals surface area contributed by atoms with Crippen LogP contribution in [0.1, 0.15) is 34.7 Å². The number of para-hydroxylation sites is 1. The predicted octanol–water partition coefficient (Wildman–Crippen LogP) is 4.28. The number of thiophene rings is 1. The van der Waals surface area contributed by atoms with Gasteiger partial charge in [-0.3, -0.25) is 9.59 Å². The molecule has 0 unspecified atom stereocenters. The summed E-state index contributed by atoms with van der Waals surface area (Å²) in [7, 11) is 1.54. The second kappa shape index (κ2) is 10.4. The van der Waals surface area contributed by atoms with Crippen molar-refractivity contribution >= 4 is 39.0 Å². The fraction of sp³-hybridized carbons (Fsp3) is 0.200. The number of amides is 1. The average Bonchev–Trinajstić information content (AvgIpc) is 3.29. The van der Waals surface area contributed by atoms with E-state index < -0.39 is 17.4 Å². The first-order chi connectivity index (χ1) is 17.0. The Balaban J connectivity index is 1.85. The van der Waals surface area contributed by atoms with E-state index in [-0.39, 0.29) is 22.7 Å². The lowest BCUT2D eigenvalue weighted by molar-refractivity contribution is 0.0520. The van der Waals surface area contributed by atoms with E-state index in [1.165, 1.54) is 7.11 Å². The number of esters is 1. The van der Waals surface area contributed by atoms with E-state index in [2.05, 4.69) is 10.4 Å². The van der Waals surface area contributed by atoms with Gasteiger partial charge in [0.05, 0.1) is 37.0 Å². The summed E-state index contributed by atoms with van der Waals surface area (Å²) in [5.74, 6) is -0.0809. The van der Waals surface area contributed by atoms with Crippen molar-refractivity contribution in [1.29, 1.82) is 0 Å². The van der Waals surface area contributed by atoms with Crippen LogP contribution in [0.3, 0.4) is 0 Å². The summed E-state index contributed by atoms with van der Waals surface area (Å²) in [5, 5.41) is 9.46. The van der Waals surface area contributed by atoms with Crippen LogP contribution in [0.4, 0.5) is 5.00 Å². The molecule has 0 spiro atoms. The number of methoxy groups -OCH3 is 1. The summed E-state index contributed by atoms with van der Waals surface area (Å²) in [5.41, 5.74) is 0.232. The number of hydrogen-bond acceptors (Lipinski definition) is 8. The number of ether oxygens (including phenoxy) is 3. The molecule has 0 atom stereocenters. The number of fused-ring (bicyclic) bond motifs is 1. The van der Waals surface area contributed by atoms with Gasteiger partial charge in [0.25, 0.3) is 11.5 Å². The molecular weight excluding hydrogens is 470 g/mol. The Kier molecular flexibility index (Phi) is 7.11. The van der Waals surface area contributed by atoms with Gasteiger partial charge >= 0.3 is 5.97 Å². The molecule has 0 aliphatic carbocycles. The maximum Gasteiger partial charge on any atom is 0.359 e. The number of hydrogen-bond donors (Lipinski definition) is 1. The molecule has 9 nitrogen and oxygen atoms in total. The largest absolute Gasteiger partial charge is 0.497 e. The third-order valence-corrected chi connectivity index (χ3v) is 5.99. The minimum absolute atomic E-state index is 0.0243. The predicted molar refractivity (Wildman–Crippen MR) is 133 cm³/mol.